The van der Waals surface area contributed by atoms with Crippen LogP contribution in [0.1, 0.15) is 6.42 Å². The Balaban J connectivity index is 3.69. The molecule has 66 valence electrons. The van der Waals surface area contributed by atoms with E-state index in [2.05, 4.69) is 0 Å². The zero-order valence-electron chi connectivity index (χ0n) is 7.24. The highest BCUT2D eigenvalue weighted by atomic mass is 16.4. The molecule has 0 bridgehead atoms. The maximum atomic E-state index is 10.1. The predicted octanol–water partition coefficient (Wildman–Crippen LogP) is -0.472. The van der Waals surface area contributed by atoms with Crippen LogP contribution < -0.4 is 0 Å². The lowest BCUT2D eigenvalue weighted by Crippen LogP contribution is -2.42. The number of quaternary nitrogens is 1. The van der Waals surface area contributed by atoms with Gasteiger partial charge in [0.1, 0.15) is 12.6 Å². The topological polar surface area (TPSA) is 57.5 Å². The lowest BCUT2D eigenvalue weighted by atomic mass is 10.2. The fourth-order valence-electron chi connectivity index (χ4n) is 0.898. The lowest BCUT2D eigenvalue weighted by Gasteiger charge is -2.25. The van der Waals surface area contributed by atoms with Gasteiger partial charge < -0.3 is 14.7 Å². The molecule has 4 heteroatoms. The van der Waals surface area contributed by atoms with E-state index in [1.54, 1.807) is 0 Å². The molecule has 0 spiro atoms. The highest BCUT2D eigenvalue weighted by molar-refractivity contribution is 5.67. The van der Waals surface area contributed by atoms with Crippen LogP contribution >= 0.6 is 0 Å². The zero-order valence-corrected chi connectivity index (χ0v) is 7.24. The second-order valence-corrected chi connectivity index (χ2v) is 3.72. The Morgan fingerprint density at radius 2 is 1.91 bits per heavy atom. The van der Waals surface area contributed by atoms with E-state index >= 15 is 0 Å². The summed E-state index contributed by atoms with van der Waals surface area (Å²) in [7, 11) is 5.72. The molecule has 0 aliphatic heterocycles. The molecule has 0 aromatic rings. The number of carboxylic acid groups (broad SMARTS) is 1. The molecule has 2 N–H and O–H groups in total. The van der Waals surface area contributed by atoms with E-state index < -0.39 is 12.1 Å². The first-order chi connectivity index (χ1) is 4.81. The third-order valence-electron chi connectivity index (χ3n) is 1.17. The molecule has 0 aromatic heterocycles. The average Bonchev–Trinajstić information content (AvgIpc) is 1.53. The number of likely N-dealkylation sites (N-methyl/N-ethyl adjacent to an activating group) is 1. The van der Waals surface area contributed by atoms with Gasteiger partial charge in [-0.3, -0.25) is 4.79 Å². The molecule has 0 aromatic carbocycles. The molecule has 0 saturated carbocycles. The summed E-state index contributed by atoms with van der Waals surface area (Å²) >= 11 is 0. The van der Waals surface area contributed by atoms with Crippen LogP contribution in [-0.2, 0) is 4.79 Å². The Morgan fingerprint density at radius 1 is 1.45 bits per heavy atom. The number of hydrogen-bond acceptors (Lipinski definition) is 2. The number of aliphatic carboxylic acids is 1. The van der Waals surface area contributed by atoms with Crippen molar-refractivity contribution in [2.24, 2.45) is 0 Å². The number of nitrogens with zero attached hydrogens (tertiary/aromatic N) is 1. The van der Waals surface area contributed by atoms with Crippen LogP contribution in [-0.4, -0.2) is 54.5 Å². The quantitative estimate of drug-likeness (QED) is 0.549. The van der Waals surface area contributed by atoms with Crippen molar-refractivity contribution in [3.63, 3.8) is 0 Å². The standard InChI is InChI=1S/C7H15NO3/c1-8(2,3)5-6(9)4-7(10)11/h6,9H,4-5H2,1-3H3/p+1/t6-/m1/s1. The summed E-state index contributed by atoms with van der Waals surface area (Å²) in [5.74, 6) is -0.953. The molecular formula is C7H16NO3+. The molecule has 0 saturated heterocycles. The first-order valence-electron chi connectivity index (χ1n) is 3.51. The summed E-state index contributed by atoms with van der Waals surface area (Å²) in [5, 5.41) is 17.5. The van der Waals surface area contributed by atoms with Gasteiger partial charge in [0, 0.05) is 0 Å². The van der Waals surface area contributed by atoms with Gasteiger partial charge in [0.15, 0.2) is 0 Å². The predicted molar refractivity (Wildman–Crippen MR) is 41.2 cm³/mol. The molecule has 0 amide bonds. The minimum absolute atomic E-state index is 0.171. The van der Waals surface area contributed by atoms with Crippen LogP contribution in [0.5, 0.6) is 0 Å². The number of hydrogen-bond donors (Lipinski definition) is 2. The van der Waals surface area contributed by atoms with Crippen LogP contribution in [0.2, 0.25) is 0 Å². The highest BCUT2D eigenvalue weighted by Gasteiger charge is 2.17. The minimum atomic E-state index is -0.953. The van der Waals surface area contributed by atoms with E-state index in [0.717, 1.165) is 0 Å². The third kappa shape index (κ3) is 7.29. The van der Waals surface area contributed by atoms with Crippen LogP contribution in [0.25, 0.3) is 0 Å². The van der Waals surface area contributed by atoms with Gasteiger partial charge in [0.2, 0.25) is 0 Å². The Labute approximate surface area is 66.6 Å². The Morgan fingerprint density at radius 3 is 2.18 bits per heavy atom. The fourth-order valence-corrected chi connectivity index (χ4v) is 0.898. The second-order valence-electron chi connectivity index (χ2n) is 3.72. The van der Waals surface area contributed by atoms with Crippen molar-refractivity contribution >= 4 is 5.97 Å². The Kier molecular flexibility index (Phi) is 3.48. The summed E-state index contributed by atoms with van der Waals surface area (Å²) in [6, 6.07) is 0. The highest BCUT2D eigenvalue weighted by Crippen LogP contribution is 1.98. The van der Waals surface area contributed by atoms with Crippen LogP contribution in [0, 0.1) is 0 Å². The number of aliphatic hydroxyl groups excluding tert-OH is 1. The van der Waals surface area contributed by atoms with Gasteiger partial charge in [-0.15, -0.1) is 0 Å². The summed E-state index contributed by atoms with van der Waals surface area (Å²) in [4.78, 5) is 10.1. The zero-order chi connectivity index (χ0) is 9.07. The number of carboxylic acids is 1. The maximum Gasteiger partial charge on any atom is 0.306 e. The monoisotopic (exact) mass is 162 g/mol. The molecule has 0 radical (unpaired) electrons. The molecular weight excluding hydrogens is 146 g/mol. The molecule has 4 nitrogen and oxygen atoms in total. The van der Waals surface area contributed by atoms with E-state index in [9.17, 15) is 4.79 Å². The smallest absolute Gasteiger partial charge is 0.306 e. The van der Waals surface area contributed by atoms with E-state index in [1.165, 1.54) is 0 Å². The molecule has 0 aliphatic carbocycles. The largest absolute Gasteiger partial charge is 0.481 e. The van der Waals surface area contributed by atoms with Crippen molar-refractivity contribution < 1.29 is 19.5 Å². The molecule has 0 rings (SSSR count). The van der Waals surface area contributed by atoms with Gasteiger partial charge >= 0.3 is 5.97 Å². The summed E-state index contributed by atoms with van der Waals surface area (Å²) in [5.41, 5.74) is 0. The molecule has 0 unspecified atom stereocenters. The van der Waals surface area contributed by atoms with Crippen molar-refractivity contribution in [2.75, 3.05) is 27.7 Å². The van der Waals surface area contributed by atoms with Gasteiger partial charge in [-0.05, 0) is 0 Å². The van der Waals surface area contributed by atoms with Crippen molar-refractivity contribution in [2.45, 2.75) is 12.5 Å². The Hall–Kier alpha value is -0.610. The van der Waals surface area contributed by atoms with E-state index in [0.29, 0.717) is 11.0 Å². The van der Waals surface area contributed by atoms with E-state index in [-0.39, 0.29) is 6.42 Å². The second kappa shape index (κ2) is 3.69. The fraction of sp³-hybridized carbons (Fsp3) is 0.857. The third-order valence-corrected chi connectivity index (χ3v) is 1.17. The van der Waals surface area contributed by atoms with Gasteiger partial charge in [-0.2, -0.15) is 0 Å². The molecule has 0 fully saturated rings. The number of rotatable bonds is 4. The van der Waals surface area contributed by atoms with Gasteiger partial charge in [0.25, 0.3) is 0 Å². The minimum Gasteiger partial charge on any atom is -0.481 e. The van der Waals surface area contributed by atoms with Crippen molar-refractivity contribution in [1.29, 1.82) is 0 Å². The van der Waals surface area contributed by atoms with Crippen LogP contribution in [0.3, 0.4) is 0 Å². The molecule has 11 heavy (non-hydrogen) atoms. The maximum absolute atomic E-state index is 10.1. The SMILES string of the molecule is C[N+](C)(C)C[C@H](O)CC(=O)O. The van der Waals surface area contributed by atoms with E-state index in [1.807, 2.05) is 21.1 Å². The van der Waals surface area contributed by atoms with Gasteiger partial charge in [0.05, 0.1) is 27.6 Å². The van der Waals surface area contributed by atoms with Crippen LogP contribution in [0.4, 0.5) is 0 Å². The summed E-state index contributed by atoms with van der Waals surface area (Å²) in [6.07, 6.45) is -0.914. The number of carbonyl (C=O) groups is 1. The first-order valence-corrected chi connectivity index (χ1v) is 3.51. The normalized spacial score (nSPS) is 14.5. The van der Waals surface area contributed by atoms with Crippen molar-refractivity contribution in [1.82, 2.24) is 0 Å². The molecule has 0 aliphatic rings. The molecule has 0 heterocycles. The van der Waals surface area contributed by atoms with Crippen molar-refractivity contribution in [3.05, 3.63) is 0 Å². The molecule has 1 atom stereocenters. The van der Waals surface area contributed by atoms with Gasteiger partial charge in [-0.1, -0.05) is 0 Å². The lowest BCUT2D eigenvalue weighted by molar-refractivity contribution is -0.873. The van der Waals surface area contributed by atoms with Gasteiger partial charge in [-0.25, -0.2) is 0 Å². The average molecular weight is 162 g/mol. The van der Waals surface area contributed by atoms with Crippen LogP contribution in [0.15, 0.2) is 0 Å². The summed E-state index contributed by atoms with van der Waals surface area (Å²) < 4.78 is 0.578. The Bertz CT molecular complexity index is 139. The first kappa shape index (κ1) is 10.4. The van der Waals surface area contributed by atoms with E-state index in [4.69, 9.17) is 10.2 Å². The number of aliphatic hydroxyl groups is 1. The van der Waals surface area contributed by atoms with Crippen molar-refractivity contribution in [3.8, 4) is 0 Å². The summed E-state index contributed by atoms with van der Waals surface area (Å²) in [6.45, 7) is 0.465.